The number of amides is 1. The molecule has 0 unspecified atom stereocenters. The van der Waals surface area contributed by atoms with E-state index in [4.69, 9.17) is 46.4 Å². The maximum atomic E-state index is 12.9. The maximum absolute atomic E-state index is 12.9. The van der Waals surface area contributed by atoms with Crippen molar-refractivity contribution < 1.29 is 13.2 Å². The van der Waals surface area contributed by atoms with Crippen LogP contribution in [0.3, 0.4) is 0 Å². The third-order valence-electron chi connectivity index (χ3n) is 4.47. The van der Waals surface area contributed by atoms with Gasteiger partial charge in [-0.3, -0.25) is 4.79 Å². The highest BCUT2D eigenvalue weighted by Crippen LogP contribution is 2.33. The van der Waals surface area contributed by atoms with Crippen molar-refractivity contribution in [2.75, 3.05) is 18.4 Å². The van der Waals surface area contributed by atoms with E-state index < -0.39 is 10.0 Å². The first-order valence-corrected chi connectivity index (χ1v) is 11.3. The molecular formula is C18H16Cl4N2O3S. The fourth-order valence-corrected chi connectivity index (χ4v) is 6.17. The van der Waals surface area contributed by atoms with Crippen LogP contribution in [0.2, 0.25) is 20.1 Å². The van der Waals surface area contributed by atoms with Crippen LogP contribution in [0.4, 0.5) is 5.69 Å². The lowest BCUT2D eigenvalue weighted by molar-refractivity contribution is -0.120. The average Bonchev–Trinajstić information content (AvgIpc) is 2.60. The van der Waals surface area contributed by atoms with Gasteiger partial charge in [-0.15, -0.1) is 0 Å². The topological polar surface area (TPSA) is 66.5 Å². The third-order valence-corrected chi connectivity index (χ3v) is 7.76. The highest BCUT2D eigenvalue weighted by atomic mass is 35.5. The Morgan fingerprint density at radius 1 is 0.964 bits per heavy atom. The maximum Gasteiger partial charge on any atom is 0.246 e. The van der Waals surface area contributed by atoms with Crippen LogP contribution in [0, 0.1) is 5.92 Å². The van der Waals surface area contributed by atoms with E-state index in [1.165, 1.54) is 16.4 Å². The molecular weight excluding hydrogens is 466 g/mol. The molecule has 150 valence electrons. The molecule has 0 bridgehead atoms. The second-order valence-electron chi connectivity index (χ2n) is 6.38. The number of carbonyl (C=O) groups excluding carboxylic acids is 1. The Hall–Kier alpha value is -1.02. The van der Waals surface area contributed by atoms with Crippen LogP contribution in [0.5, 0.6) is 0 Å². The van der Waals surface area contributed by atoms with Crippen molar-refractivity contribution >= 4 is 68.0 Å². The molecule has 0 spiro atoms. The highest BCUT2D eigenvalue weighted by Gasteiger charge is 2.34. The predicted octanol–water partition coefficient (Wildman–Crippen LogP) is 5.34. The number of nitrogens with zero attached hydrogens (tertiary/aromatic N) is 1. The van der Waals surface area contributed by atoms with Gasteiger partial charge in [-0.25, -0.2) is 8.42 Å². The van der Waals surface area contributed by atoms with Crippen LogP contribution in [0.15, 0.2) is 41.3 Å². The number of hydrogen-bond acceptors (Lipinski definition) is 3. The summed E-state index contributed by atoms with van der Waals surface area (Å²) >= 11 is 24.0. The average molecular weight is 482 g/mol. The van der Waals surface area contributed by atoms with E-state index in [1.54, 1.807) is 24.3 Å². The second kappa shape index (κ2) is 8.78. The van der Waals surface area contributed by atoms with Gasteiger partial charge in [0.15, 0.2) is 0 Å². The smallest absolute Gasteiger partial charge is 0.246 e. The van der Waals surface area contributed by atoms with Crippen LogP contribution in [0.25, 0.3) is 0 Å². The van der Waals surface area contributed by atoms with Gasteiger partial charge in [-0.1, -0.05) is 52.5 Å². The Balaban J connectivity index is 1.68. The van der Waals surface area contributed by atoms with Crippen molar-refractivity contribution in [2.45, 2.75) is 17.7 Å². The largest absolute Gasteiger partial charge is 0.326 e. The van der Waals surface area contributed by atoms with E-state index in [9.17, 15) is 13.2 Å². The lowest BCUT2D eigenvalue weighted by atomic mass is 9.97. The van der Waals surface area contributed by atoms with E-state index >= 15 is 0 Å². The second-order valence-corrected chi connectivity index (χ2v) is 9.94. The standard InChI is InChI=1S/C18H16Cl4N2O3S/c19-12-8-13(20)10-14(9-12)23-18(25)11-4-6-24(7-5-11)28(26,27)17-15(21)2-1-3-16(17)22/h1-3,8-11H,4-7H2,(H,23,25). The quantitative estimate of drug-likeness (QED) is 0.640. The number of benzene rings is 2. The number of sulfonamides is 1. The minimum atomic E-state index is -3.84. The number of nitrogens with one attached hydrogen (secondary N) is 1. The molecule has 1 aliphatic rings. The normalized spacial score (nSPS) is 16.1. The van der Waals surface area contributed by atoms with Gasteiger partial charge in [-0.2, -0.15) is 4.31 Å². The molecule has 10 heteroatoms. The molecule has 1 fully saturated rings. The molecule has 0 atom stereocenters. The molecule has 0 aromatic heterocycles. The molecule has 3 rings (SSSR count). The van der Waals surface area contributed by atoms with Gasteiger partial charge in [0.25, 0.3) is 0 Å². The number of carbonyl (C=O) groups is 1. The summed E-state index contributed by atoms with van der Waals surface area (Å²) < 4.78 is 27.1. The first-order chi connectivity index (χ1) is 13.2. The van der Waals surface area contributed by atoms with Crippen molar-refractivity contribution in [1.29, 1.82) is 0 Å². The lowest BCUT2D eigenvalue weighted by Crippen LogP contribution is -2.41. The zero-order valence-corrected chi connectivity index (χ0v) is 18.3. The molecule has 1 aliphatic heterocycles. The Morgan fingerprint density at radius 2 is 1.50 bits per heavy atom. The lowest BCUT2D eigenvalue weighted by Gasteiger charge is -2.31. The molecule has 0 aliphatic carbocycles. The first-order valence-electron chi connectivity index (χ1n) is 8.39. The van der Waals surface area contributed by atoms with Crippen molar-refractivity contribution in [3.05, 3.63) is 56.5 Å². The molecule has 28 heavy (non-hydrogen) atoms. The van der Waals surface area contributed by atoms with Gasteiger partial charge in [0.2, 0.25) is 15.9 Å². The van der Waals surface area contributed by atoms with Gasteiger partial charge in [0.05, 0.1) is 10.0 Å². The minimum absolute atomic E-state index is 0.0743. The van der Waals surface area contributed by atoms with Gasteiger partial charge >= 0.3 is 0 Å². The molecule has 2 aromatic carbocycles. The molecule has 0 radical (unpaired) electrons. The fraction of sp³-hybridized carbons (Fsp3) is 0.278. The number of rotatable bonds is 4. The summed E-state index contributed by atoms with van der Waals surface area (Å²) in [5.41, 5.74) is 0.500. The third kappa shape index (κ3) is 4.75. The number of hydrogen-bond donors (Lipinski definition) is 1. The molecule has 1 N–H and O–H groups in total. The number of halogens is 4. The van der Waals surface area contributed by atoms with Crippen LogP contribution in [-0.4, -0.2) is 31.7 Å². The first kappa shape index (κ1) is 21.7. The SMILES string of the molecule is O=C(Nc1cc(Cl)cc(Cl)c1)C1CCN(S(=O)(=O)c2c(Cl)cccc2Cl)CC1. The molecule has 1 saturated heterocycles. The van der Waals surface area contributed by atoms with Crippen molar-refractivity contribution in [1.82, 2.24) is 4.31 Å². The fourth-order valence-electron chi connectivity index (χ4n) is 3.09. The van der Waals surface area contributed by atoms with Crippen molar-refractivity contribution in [2.24, 2.45) is 5.92 Å². The molecule has 1 amide bonds. The zero-order valence-electron chi connectivity index (χ0n) is 14.5. The van der Waals surface area contributed by atoms with E-state index in [0.29, 0.717) is 28.6 Å². The van der Waals surface area contributed by atoms with E-state index in [-0.39, 0.29) is 39.9 Å². The molecule has 5 nitrogen and oxygen atoms in total. The summed E-state index contributed by atoms with van der Waals surface area (Å²) in [7, 11) is -3.84. The van der Waals surface area contributed by atoms with Crippen molar-refractivity contribution in [3.63, 3.8) is 0 Å². The van der Waals surface area contributed by atoms with Gasteiger partial charge in [0, 0.05) is 34.7 Å². The summed E-state index contributed by atoms with van der Waals surface area (Å²) in [5.74, 6) is -0.530. The summed E-state index contributed by atoms with van der Waals surface area (Å²) in [5, 5.41) is 3.76. The van der Waals surface area contributed by atoms with Gasteiger partial charge in [-0.05, 0) is 43.2 Å². The summed E-state index contributed by atoms with van der Waals surface area (Å²) in [6, 6.07) is 9.33. The summed E-state index contributed by atoms with van der Waals surface area (Å²) in [4.78, 5) is 12.4. The number of piperidine rings is 1. The zero-order chi connectivity index (χ0) is 20.5. The number of anilines is 1. The van der Waals surface area contributed by atoms with E-state index in [0.717, 1.165) is 0 Å². The van der Waals surface area contributed by atoms with Crippen molar-refractivity contribution in [3.8, 4) is 0 Å². The van der Waals surface area contributed by atoms with Crippen LogP contribution >= 0.6 is 46.4 Å². The molecule has 1 heterocycles. The Morgan fingerprint density at radius 3 is 2.04 bits per heavy atom. The Labute approximate surface area is 183 Å². The van der Waals surface area contributed by atoms with E-state index in [1.807, 2.05) is 0 Å². The predicted molar refractivity (Wildman–Crippen MR) is 113 cm³/mol. The summed E-state index contributed by atoms with van der Waals surface area (Å²) in [6.45, 7) is 0.385. The highest BCUT2D eigenvalue weighted by molar-refractivity contribution is 7.89. The molecule has 0 saturated carbocycles. The van der Waals surface area contributed by atoms with Crippen LogP contribution in [-0.2, 0) is 14.8 Å². The van der Waals surface area contributed by atoms with Gasteiger partial charge < -0.3 is 5.32 Å². The monoisotopic (exact) mass is 480 g/mol. The van der Waals surface area contributed by atoms with Gasteiger partial charge in [0.1, 0.15) is 4.90 Å². The minimum Gasteiger partial charge on any atom is -0.326 e. The van der Waals surface area contributed by atoms with Crippen LogP contribution in [0.1, 0.15) is 12.8 Å². The van der Waals surface area contributed by atoms with Crippen LogP contribution < -0.4 is 5.32 Å². The Kier molecular flexibility index (Phi) is 6.80. The van der Waals surface area contributed by atoms with E-state index in [2.05, 4.69) is 5.32 Å². The summed E-state index contributed by atoms with van der Waals surface area (Å²) in [6.07, 6.45) is 0.753. The Bertz CT molecular complexity index is 965. The molecule has 2 aromatic rings.